The largest absolute Gasteiger partial charge is 0.497 e. The van der Waals surface area contributed by atoms with Gasteiger partial charge in [0, 0.05) is 24.2 Å². The molecule has 1 N–H and O–H groups in total. The van der Waals surface area contributed by atoms with Gasteiger partial charge in [-0.05, 0) is 25.6 Å². The molecule has 0 saturated heterocycles. The summed E-state index contributed by atoms with van der Waals surface area (Å²) in [6.07, 6.45) is 0.505. The molecule has 2 aromatic rings. The Bertz CT molecular complexity index is 713. The van der Waals surface area contributed by atoms with Crippen LogP contribution in [0.15, 0.2) is 29.4 Å². The van der Waals surface area contributed by atoms with Gasteiger partial charge in [-0.25, -0.2) is 8.78 Å². The number of hydrogen-bond donors (Lipinski definition) is 1. The van der Waals surface area contributed by atoms with E-state index >= 15 is 0 Å². The van der Waals surface area contributed by atoms with Crippen molar-refractivity contribution in [3.8, 4) is 11.4 Å². The highest BCUT2D eigenvalue weighted by Gasteiger charge is 2.55. The second-order valence-electron chi connectivity index (χ2n) is 5.77. The van der Waals surface area contributed by atoms with Gasteiger partial charge in [-0.1, -0.05) is 17.8 Å². The van der Waals surface area contributed by atoms with Gasteiger partial charge < -0.3 is 10.1 Å². The van der Waals surface area contributed by atoms with E-state index in [0.717, 1.165) is 17.3 Å². The molecule has 1 saturated carbocycles. The number of nitrogens with zero attached hydrogens (tertiary/aromatic N) is 3. The van der Waals surface area contributed by atoms with Crippen molar-refractivity contribution in [1.82, 2.24) is 20.1 Å². The van der Waals surface area contributed by atoms with Crippen molar-refractivity contribution in [3.05, 3.63) is 30.1 Å². The SMILES string of the molecule is CNCc1nnc(SCCC2CC2(F)F)n1-c1cccc(OC)c1.Cl. The lowest BCUT2D eigenvalue weighted by molar-refractivity contribution is 0.0983. The van der Waals surface area contributed by atoms with E-state index in [1.807, 2.05) is 35.9 Å². The number of nitrogens with one attached hydrogen (secondary N) is 1. The van der Waals surface area contributed by atoms with E-state index in [2.05, 4.69) is 15.5 Å². The highest BCUT2D eigenvalue weighted by molar-refractivity contribution is 7.99. The fraction of sp³-hybridized carbons (Fsp3) is 0.500. The van der Waals surface area contributed by atoms with Crippen LogP contribution in [-0.4, -0.2) is 40.6 Å². The Kier molecular flexibility index (Phi) is 6.65. The molecular formula is C16H21ClF2N4OS. The highest BCUT2D eigenvalue weighted by atomic mass is 35.5. The fourth-order valence-corrected chi connectivity index (χ4v) is 3.57. The third kappa shape index (κ3) is 4.62. The zero-order valence-corrected chi connectivity index (χ0v) is 15.7. The Hall–Kier alpha value is -1.38. The van der Waals surface area contributed by atoms with Crippen LogP contribution >= 0.6 is 24.2 Å². The van der Waals surface area contributed by atoms with Crippen LogP contribution in [0.3, 0.4) is 0 Å². The number of thioether (sulfide) groups is 1. The quantitative estimate of drug-likeness (QED) is 0.698. The molecular weight excluding hydrogens is 370 g/mol. The van der Waals surface area contributed by atoms with E-state index < -0.39 is 11.8 Å². The summed E-state index contributed by atoms with van der Waals surface area (Å²) in [6, 6.07) is 7.62. The van der Waals surface area contributed by atoms with Gasteiger partial charge in [0.05, 0.1) is 19.3 Å². The summed E-state index contributed by atoms with van der Waals surface area (Å²) < 4.78 is 33.2. The van der Waals surface area contributed by atoms with Gasteiger partial charge in [0.15, 0.2) is 11.0 Å². The lowest BCUT2D eigenvalue weighted by atomic mass is 10.3. The summed E-state index contributed by atoms with van der Waals surface area (Å²) in [5.74, 6) is -0.828. The van der Waals surface area contributed by atoms with Crippen molar-refractivity contribution in [2.24, 2.45) is 5.92 Å². The fourth-order valence-electron chi connectivity index (χ4n) is 2.55. The number of aromatic nitrogens is 3. The van der Waals surface area contributed by atoms with Crippen LogP contribution in [-0.2, 0) is 6.54 Å². The average molecular weight is 391 g/mol. The zero-order chi connectivity index (χ0) is 17.2. The Morgan fingerprint density at radius 1 is 1.40 bits per heavy atom. The first-order valence-electron chi connectivity index (χ1n) is 7.79. The summed E-state index contributed by atoms with van der Waals surface area (Å²) in [4.78, 5) is 0. The molecule has 1 unspecified atom stereocenters. The zero-order valence-electron chi connectivity index (χ0n) is 14.0. The summed E-state index contributed by atoms with van der Waals surface area (Å²) in [7, 11) is 3.46. The van der Waals surface area contributed by atoms with Crippen molar-refractivity contribution >= 4 is 24.2 Å². The maximum Gasteiger partial charge on any atom is 0.251 e. The number of alkyl halides is 2. The van der Waals surface area contributed by atoms with Gasteiger partial charge in [-0.3, -0.25) is 4.57 Å². The minimum absolute atomic E-state index is 0. The third-order valence-corrected chi connectivity index (χ3v) is 4.96. The molecule has 1 fully saturated rings. The summed E-state index contributed by atoms with van der Waals surface area (Å²) in [6.45, 7) is 0.561. The summed E-state index contributed by atoms with van der Waals surface area (Å²) in [5, 5.41) is 12.2. The van der Waals surface area contributed by atoms with Crippen molar-refractivity contribution in [1.29, 1.82) is 0 Å². The van der Waals surface area contributed by atoms with E-state index in [1.54, 1.807) is 7.11 Å². The number of ether oxygens (including phenoxy) is 1. The molecule has 0 amide bonds. The summed E-state index contributed by atoms with van der Waals surface area (Å²) >= 11 is 1.46. The molecule has 9 heteroatoms. The second kappa shape index (κ2) is 8.33. The van der Waals surface area contributed by atoms with E-state index in [-0.39, 0.29) is 18.8 Å². The van der Waals surface area contributed by atoms with Crippen molar-refractivity contribution in [2.75, 3.05) is 19.9 Å². The van der Waals surface area contributed by atoms with Crippen molar-refractivity contribution in [3.63, 3.8) is 0 Å². The molecule has 0 radical (unpaired) electrons. The molecule has 138 valence electrons. The summed E-state index contributed by atoms with van der Waals surface area (Å²) in [5.41, 5.74) is 0.892. The van der Waals surface area contributed by atoms with Crippen LogP contribution < -0.4 is 10.1 Å². The van der Waals surface area contributed by atoms with Gasteiger partial charge in [0.1, 0.15) is 5.75 Å². The molecule has 1 aliphatic carbocycles. The first-order chi connectivity index (χ1) is 11.5. The smallest absolute Gasteiger partial charge is 0.251 e. The topological polar surface area (TPSA) is 52.0 Å². The standard InChI is InChI=1S/C16H20F2N4OS.ClH/c1-19-10-14-20-21-15(24-7-6-11-9-16(11,17)18)22(14)12-4-3-5-13(8-12)23-2;/h3-5,8,11,19H,6-7,9-10H2,1-2H3;1H. The third-order valence-electron chi connectivity index (χ3n) is 4.00. The van der Waals surface area contributed by atoms with Gasteiger partial charge in [-0.2, -0.15) is 0 Å². The van der Waals surface area contributed by atoms with Gasteiger partial charge in [-0.15, -0.1) is 22.6 Å². The molecule has 1 heterocycles. The predicted molar refractivity (Wildman–Crippen MR) is 96.3 cm³/mol. The van der Waals surface area contributed by atoms with Crippen molar-refractivity contribution < 1.29 is 13.5 Å². The van der Waals surface area contributed by atoms with Crippen LogP contribution in [0.4, 0.5) is 8.78 Å². The lowest BCUT2D eigenvalue weighted by Crippen LogP contribution is -2.12. The molecule has 3 rings (SSSR count). The molecule has 1 atom stereocenters. The molecule has 0 spiro atoms. The maximum atomic E-state index is 13.0. The molecule has 0 bridgehead atoms. The molecule has 1 aromatic carbocycles. The van der Waals surface area contributed by atoms with E-state index in [9.17, 15) is 8.78 Å². The molecule has 1 aliphatic rings. The van der Waals surface area contributed by atoms with Gasteiger partial charge >= 0.3 is 0 Å². The van der Waals surface area contributed by atoms with E-state index in [0.29, 0.717) is 23.9 Å². The van der Waals surface area contributed by atoms with E-state index in [1.165, 1.54) is 11.8 Å². The Balaban J connectivity index is 0.00000225. The number of hydrogen-bond acceptors (Lipinski definition) is 5. The minimum Gasteiger partial charge on any atom is -0.497 e. The van der Waals surface area contributed by atoms with Crippen LogP contribution in [0.2, 0.25) is 0 Å². The normalized spacial score (nSPS) is 17.8. The van der Waals surface area contributed by atoms with Crippen molar-refractivity contribution in [2.45, 2.75) is 30.5 Å². The van der Waals surface area contributed by atoms with E-state index in [4.69, 9.17) is 4.74 Å². The Morgan fingerprint density at radius 2 is 2.16 bits per heavy atom. The van der Waals surface area contributed by atoms with Gasteiger partial charge in [0.2, 0.25) is 0 Å². The Labute approximate surface area is 155 Å². The number of benzene rings is 1. The van der Waals surface area contributed by atoms with Crippen LogP contribution in [0.25, 0.3) is 5.69 Å². The van der Waals surface area contributed by atoms with Crippen LogP contribution in [0.1, 0.15) is 18.7 Å². The second-order valence-corrected chi connectivity index (χ2v) is 6.83. The predicted octanol–water partition coefficient (Wildman–Crippen LogP) is 3.55. The van der Waals surface area contributed by atoms with Crippen LogP contribution in [0.5, 0.6) is 5.75 Å². The number of methoxy groups -OCH3 is 1. The molecule has 5 nitrogen and oxygen atoms in total. The lowest BCUT2D eigenvalue weighted by Gasteiger charge is -2.11. The Morgan fingerprint density at radius 3 is 2.80 bits per heavy atom. The minimum atomic E-state index is -2.46. The van der Waals surface area contributed by atoms with Crippen LogP contribution in [0, 0.1) is 5.92 Å². The van der Waals surface area contributed by atoms with Gasteiger partial charge in [0.25, 0.3) is 5.92 Å². The first-order valence-corrected chi connectivity index (χ1v) is 8.77. The maximum absolute atomic E-state index is 13.0. The monoisotopic (exact) mass is 390 g/mol. The molecule has 1 aromatic heterocycles. The number of rotatable bonds is 8. The first kappa shape index (κ1) is 19.9. The molecule has 0 aliphatic heterocycles. The number of halogens is 3. The molecule has 25 heavy (non-hydrogen) atoms. The highest BCUT2D eigenvalue weighted by Crippen LogP contribution is 2.51. The average Bonchev–Trinajstić information content (AvgIpc) is 2.99.